The minimum Gasteiger partial charge on any atom is -0.338 e. The average molecular weight is 397 g/mol. The third-order valence-electron chi connectivity index (χ3n) is 5.99. The maximum absolute atomic E-state index is 13.0. The van der Waals surface area contributed by atoms with Crippen molar-refractivity contribution in [2.75, 3.05) is 13.1 Å². The molecule has 30 heavy (non-hydrogen) atoms. The fraction of sp³-hybridized carbons (Fsp3) is 0.261. The number of amides is 1. The molecule has 1 amide bonds. The molecule has 2 aliphatic heterocycles. The normalized spacial score (nSPS) is 19.6. The first-order valence-corrected chi connectivity index (χ1v) is 9.92. The van der Waals surface area contributed by atoms with E-state index in [4.69, 9.17) is 0 Å². The minimum atomic E-state index is -0.0787. The van der Waals surface area contributed by atoms with Crippen molar-refractivity contribution in [1.29, 1.82) is 5.26 Å². The van der Waals surface area contributed by atoms with Gasteiger partial charge in [-0.25, -0.2) is 9.97 Å². The van der Waals surface area contributed by atoms with Gasteiger partial charge in [0.2, 0.25) is 0 Å². The second-order valence-corrected chi connectivity index (χ2v) is 7.91. The summed E-state index contributed by atoms with van der Waals surface area (Å²) in [7, 11) is 0. The van der Waals surface area contributed by atoms with Gasteiger partial charge in [0.05, 0.1) is 17.2 Å². The van der Waals surface area contributed by atoms with Crippen molar-refractivity contribution in [3.05, 3.63) is 82.3 Å². The maximum Gasteiger partial charge on any atom is 0.257 e. The molecule has 0 unspecified atom stereocenters. The quantitative estimate of drug-likeness (QED) is 0.662. The van der Waals surface area contributed by atoms with Crippen molar-refractivity contribution in [1.82, 2.24) is 19.4 Å². The molecule has 2 aromatic heterocycles. The molecule has 148 valence electrons. The number of nitriles is 1. The van der Waals surface area contributed by atoms with Crippen LogP contribution in [0.25, 0.3) is 11.1 Å². The van der Waals surface area contributed by atoms with Crippen LogP contribution in [-0.2, 0) is 6.54 Å². The van der Waals surface area contributed by atoms with Gasteiger partial charge < -0.3 is 9.47 Å². The molecular formula is C23H19N5O2. The number of piperidine rings is 1. The van der Waals surface area contributed by atoms with Crippen LogP contribution in [0.4, 0.5) is 0 Å². The Morgan fingerprint density at radius 2 is 1.93 bits per heavy atom. The summed E-state index contributed by atoms with van der Waals surface area (Å²) in [6.07, 6.45) is 5.42. The fourth-order valence-corrected chi connectivity index (χ4v) is 4.77. The van der Waals surface area contributed by atoms with E-state index in [9.17, 15) is 14.9 Å². The first-order chi connectivity index (χ1) is 14.6. The van der Waals surface area contributed by atoms with Crippen molar-refractivity contribution in [2.45, 2.75) is 18.9 Å². The van der Waals surface area contributed by atoms with Crippen LogP contribution in [0, 0.1) is 17.2 Å². The van der Waals surface area contributed by atoms with E-state index in [2.05, 4.69) is 16.0 Å². The molecule has 1 saturated heterocycles. The molecule has 0 radical (unpaired) electrons. The van der Waals surface area contributed by atoms with Crippen LogP contribution < -0.4 is 5.56 Å². The number of nitrogens with zero attached hydrogens (tertiary/aromatic N) is 5. The van der Waals surface area contributed by atoms with Crippen molar-refractivity contribution in [3.63, 3.8) is 0 Å². The topological polar surface area (TPSA) is 91.9 Å². The summed E-state index contributed by atoms with van der Waals surface area (Å²) >= 11 is 0. The lowest BCUT2D eigenvalue weighted by Gasteiger charge is -2.43. The van der Waals surface area contributed by atoms with Gasteiger partial charge in [-0.2, -0.15) is 5.26 Å². The Hall–Kier alpha value is -3.79. The van der Waals surface area contributed by atoms with Gasteiger partial charge in [-0.1, -0.05) is 12.1 Å². The van der Waals surface area contributed by atoms with Crippen LogP contribution in [-0.4, -0.2) is 38.4 Å². The van der Waals surface area contributed by atoms with E-state index in [1.807, 2.05) is 33.7 Å². The second-order valence-electron chi connectivity index (χ2n) is 7.91. The molecule has 2 bridgehead atoms. The van der Waals surface area contributed by atoms with Gasteiger partial charge >= 0.3 is 0 Å². The van der Waals surface area contributed by atoms with Gasteiger partial charge in [0.15, 0.2) is 0 Å². The van der Waals surface area contributed by atoms with Crippen LogP contribution in [0.1, 0.15) is 34.0 Å². The summed E-state index contributed by atoms with van der Waals surface area (Å²) in [4.78, 5) is 35.4. The van der Waals surface area contributed by atoms with E-state index in [1.165, 1.54) is 18.7 Å². The summed E-state index contributed by atoms with van der Waals surface area (Å²) in [5.74, 6) is 0.203. The van der Waals surface area contributed by atoms with Gasteiger partial charge in [0, 0.05) is 55.3 Å². The number of hydrogen-bond donors (Lipinski definition) is 0. The highest BCUT2D eigenvalue weighted by molar-refractivity contribution is 5.93. The number of pyridine rings is 1. The largest absolute Gasteiger partial charge is 0.338 e. The predicted molar refractivity (Wildman–Crippen MR) is 110 cm³/mol. The highest BCUT2D eigenvalue weighted by atomic mass is 16.2. The Balaban J connectivity index is 1.56. The third-order valence-corrected chi connectivity index (χ3v) is 5.99. The van der Waals surface area contributed by atoms with E-state index in [0.717, 1.165) is 23.2 Å². The number of carbonyl (C=O) groups is 1. The van der Waals surface area contributed by atoms with E-state index >= 15 is 0 Å². The lowest BCUT2D eigenvalue weighted by Crippen LogP contribution is -2.49. The van der Waals surface area contributed by atoms with Crippen molar-refractivity contribution < 1.29 is 4.79 Å². The van der Waals surface area contributed by atoms with Crippen molar-refractivity contribution in [2.24, 2.45) is 5.92 Å². The Kier molecular flexibility index (Phi) is 4.40. The molecule has 2 aliphatic rings. The number of likely N-dealkylation sites (tertiary alicyclic amines) is 1. The molecule has 2 atom stereocenters. The SMILES string of the molecule is N#Cc1cccc(-c2ccc(=O)n3c2[C@H]2C[C@@H](CN(C(=O)c4cncnc4)C2)C3)c1. The molecule has 0 N–H and O–H groups in total. The van der Waals surface area contributed by atoms with Crippen molar-refractivity contribution in [3.8, 4) is 17.2 Å². The summed E-state index contributed by atoms with van der Waals surface area (Å²) < 4.78 is 1.86. The van der Waals surface area contributed by atoms with Gasteiger partial charge in [-0.3, -0.25) is 9.59 Å². The standard InChI is InChI=1S/C23H19N5O2/c24-8-15-2-1-3-17(6-15)20-4-5-21(29)28-12-16-7-18(22(20)28)13-27(11-16)23(30)19-9-25-14-26-10-19/h1-6,9-10,14,16,18H,7,11-13H2/t16-,18-/m0/s1. The Morgan fingerprint density at radius 1 is 1.10 bits per heavy atom. The average Bonchev–Trinajstić information content (AvgIpc) is 2.79. The summed E-state index contributed by atoms with van der Waals surface area (Å²) in [5.41, 5.74) is 3.86. The Morgan fingerprint density at radius 3 is 2.73 bits per heavy atom. The molecule has 0 spiro atoms. The fourth-order valence-electron chi connectivity index (χ4n) is 4.77. The second kappa shape index (κ2) is 7.23. The Labute approximate surface area is 173 Å². The lowest BCUT2D eigenvalue weighted by molar-refractivity contribution is 0.0594. The molecular weight excluding hydrogens is 378 g/mol. The number of carbonyl (C=O) groups excluding carboxylic acids is 1. The Bertz CT molecular complexity index is 1230. The number of rotatable bonds is 2. The first kappa shape index (κ1) is 18.3. The zero-order valence-electron chi connectivity index (χ0n) is 16.2. The van der Waals surface area contributed by atoms with Crippen LogP contribution in [0.15, 0.2) is 59.9 Å². The molecule has 1 fully saturated rings. The van der Waals surface area contributed by atoms with E-state index in [1.54, 1.807) is 12.1 Å². The van der Waals surface area contributed by atoms with Crippen LogP contribution in [0.3, 0.4) is 0 Å². The number of fused-ring (bicyclic) bond motifs is 4. The molecule has 0 aliphatic carbocycles. The zero-order valence-corrected chi connectivity index (χ0v) is 16.2. The predicted octanol–water partition coefficient (Wildman–Crippen LogP) is 2.44. The summed E-state index contributed by atoms with van der Waals surface area (Å²) in [6.45, 7) is 1.74. The van der Waals surface area contributed by atoms with Crippen LogP contribution in [0.5, 0.6) is 0 Å². The van der Waals surface area contributed by atoms with E-state index < -0.39 is 0 Å². The van der Waals surface area contributed by atoms with Gasteiger partial charge in [0.25, 0.3) is 11.5 Å². The van der Waals surface area contributed by atoms with Gasteiger partial charge in [-0.15, -0.1) is 0 Å². The zero-order chi connectivity index (χ0) is 20.7. The number of aromatic nitrogens is 3. The lowest BCUT2D eigenvalue weighted by atomic mass is 9.80. The smallest absolute Gasteiger partial charge is 0.257 e. The van der Waals surface area contributed by atoms with E-state index in [0.29, 0.717) is 30.8 Å². The van der Waals surface area contributed by atoms with Crippen molar-refractivity contribution >= 4 is 5.91 Å². The van der Waals surface area contributed by atoms with Gasteiger partial charge in [-0.05, 0) is 36.1 Å². The van der Waals surface area contributed by atoms with E-state index in [-0.39, 0.29) is 23.3 Å². The molecule has 3 aromatic rings. The van der Waals surface area contributed by atoms with Crippen LogP contribution >= 0.6 is 0 Å². The van der Waals surface area contributed by atoms with Gasteiger partial charge in [0.1, 0.15) is 6.33 Å². The molecule has 7 heteroatoms. The summed E-state index contributed by atoms with van der Waals surface area (Å²) in [5, 5.41) is 9.28. The molecule has 4 heterocycles. The minimum absolute atomic E-state index is 0.0175. The molecule has 5 rings (SSSR count). The van der Waals surface area contributed by atoms with Crippen LogP contribution in [0.2, 0.25) is 0 Å². The highest BCUT2D eigenvalue weighted by Crippen LogP contribution is 2.40. The monoisotopic (exact) mass is 397 g/mol. The summed E-state index contributed by atoms with van der Waals surface area (Å²) in [6, 6.07) is 13.1. The third kappa shape index (κ3) is 3.07. The molecule has 7 nitrogen and oxygen atoms in total. The number of benzene rings is 1. The maximum atomic E-state index is 13.0. The highest BCUT2D eigenvalue weighted by Gasteiger charge is 2.38. The first-order valence-electron chi connectivity index (χ1n) is 9.92. The molecule has 0 saturated carbocycles. The number of hydrogen-bond acceptors (Lipinski definition) is 5. The molecule has 1 aromatic carbocycles.